The average molecular weight is 245 g/mol. The summed E-state index contributed by atoms with van der Waals surface area (Å²) < 4.78 is 0. The van der Waals surface area contributed by atoms with Gasteiger partial charge in [-0.05, 0) is 20.9 Å². The van der Waals surface area contributed by atoms with Crippen LogP contribution in [0.1, 0.15) is 20.3 Å². The van der Waals surface area contributed by atoms with E-state index in [1.165, 1.54) is 6.92 Å². The van der Waals surface area contributed by atoms with Crippen LogP contribution in [0.4, 0.5) is 0 Å². The average Bonchev–Trinajstić information content (AvgIpc) is 2.26. The number of nitrogens with one attached hydrogen (secondary N) is 3. The summed E-state index contributed by atoms with van der Waals surface area (Å²) in [6, 6.07) is -1.07. The molecule has 2 amide bonds. The van der Waals surface area contributed by atoms with E-state index in [0.29, 0.717) is 0 Å². The summed E-state index contributed by atoms with van der Waals surface area (Å²) in [6.07, 6.45) is -0.140. The first-order valence-corrected chi connectivity index (χ1v) is 5.35. The topological polar surface area (TPSA) is 108 Å². The molecule has 0 saturated carbocycles. The molecule has 0 radical (unpaired) electrons. The standard InChI is InChI=1S/C10H19N3O4/c1-6(11-3)10(17)13-7(2)9(16)12-5-4-8(14)15/h6-7,11H,4-5H2,1-3H3,(H,12,16)(H,13,17)(H,14,15)/t6-,7-/m0/s1. The van der Waals surface area contributed by atoms with Crippen LogP contribution in [-0.4, -0.2) is 48.6 Å². The third-order valence-corrected chi connectivity index (χ3v) is 2.22. The number of hydrogen-bond acceptors (Lipinski definition) is 4. The number of carboxylic acid groups (broad SMARTS) is 1. The molecule has 0 fully saturated rings. The van der Waals surface area contributed by atoms with Crippen molar-refractivity contribution in [3.8, 4) is 0 Å². The maximum Gasteiger partial charge on any atom is 0.305 e. The van der Waals surface area contributed by atoms with Crippen LogP contribution in [0.25, 0.3) is 0 Å². The Labute approximate surface area is 100.0 Å². The fraction of sp³-hybridized carbons (Fsp3) is 0.700. The highest BCUT2D eigenvalue weighted by molar-refractivity contribution is 5.89. The smallest absolute Gasteiger partial charge is 0.305 e. The van der Waals surface area contributed by atoms with Gasteiger partial charge in [-0.25, -0.2) is 0 Å². The molecule has 0 saturated heterocycles. The second kappa shape index (κ2) is 7.61. The Morgan fingerprint density at radius 3 is 2.18 bits per heavy atom. The number of amides is 2. The largest absolute Gasteiger partial charge is 0.481 e. The van der Waals surface area contributed by atoms with Crippen LogP contribution >= 0.6 is 0 Å². The third-order valence-electron chi connectivity index (χ3n) is 2.22. The van der Waals surface area contributed by atoms with E-state index in [1.54, 1.807) is 14.0 Å². The number of carboxylic acids is 1. The van der Waals surface area contributed by atoms with Crippen molar-refractivity contribution in [2.24, 2.45) is 0 Å². The van der Waals surface area contributed by atoms with Gasteiger partial charge in [0.15, 0.2) is 0 Å². The number of carbonyl (C=O) groups excluding carboxylic acids is 2. The zero-order valence-electron chi connectivity index (χ0n) is 10.2. The fourth-order valence-electron chi connectivity index (χ4n) is 0.981. The van der Waals surface area contributed by atoms with E-state index in [4.69, 9.17) is 5.11 Å². The molecular formula is C10H19N3O4. The van der Waals surface area contributed by atoms with E-state index in [0.717, 1.165) is 0 Å². The van der Waals surface area contributed by atoms with Gasteiger partial charge < -0.3 is 21.1 Å². The van der Waals surface area contributed by atoms with Crippen molar-refractivity contribution in [3.05, 3.63) is 0 Å². The molecule has 17 heavy (non-hydrogen) atoms. The molecule has 0 bridgehead atoms. The van der Waals surface area contributed by atoms with Crippen molar-refractivity contribution in [1.29, 1.82) is 0 Å². The van der Waals surface area contributed by atoms with Crippen molar-refractivity contribution in [1.82, 2.24) is 16.0 Å². The molecule has 0 aliphatic rings. The van der Waals surface area contributed by atoms with Gasteiger partial charge in [0.25, 0.3) is 0 Å². The summed E-state index contributed by atoms with van der Waals surface area (Å²) in [7, 11) is 1.64. The van der Waals surface area contributed by atoms with Gasteiger partial charge in [0.1, 0.15) is 6.04 Å². The predicted octanol–water partition coefficient (Wildman–Crippen LogP) is -1.31. The first kappa shape index (κ1) is 15.4. The SMILES string of the molecule is CN[C@@H](C)C(=O)N[C@@H](C)C(=O)NCCC(=O)O. The first-order valence-electron chi connectivity index (χ1n) is 5.35. The van der Waals surface area contributed by atoms with Crippen LogP contribution in [0.2, 0.25) is 0 Å². The molecule has 0 rings (SSSR count). The summed E-state index contributed by atoms with van der Waals surface area (Å²) >= 11 is 0. The highest BCUT2D eigenvalue weighted by Crippen LogP contribution is 1.87. The molecule has 0 aromatic rings. The minimum atomic E-state index is -0.981. The highest BCUT2D eigenvalue weighted by atomic mass is 16.4. The fourth-order valence-corrected chi connectivity index (χ4v) is 0.981. The Morgan fingerprint density at radius 1 is 1.12 bits per heavy atom. The molecular weight excluding hydrogens is 226 g/mol. The lowest BCUT2D eigenvalue weighted by atomic mass is 10.2. The molecule has 0 spiro atoms. The minimum Gasteiger partial charge on any atom is -0.481 e. The predicted molar refractivity (Wildman–Crippen MR) is 61.4 cm³/mol. The Hall–Kier alpha value is -1.63. The lowest BCUT2D eigenvalue weighted by Gasteiger charge is -2.16. The van der Waals surface area contributed by atoms with Crippen molar-refractivity contribution < 1.29 is 19.5 Å². The van der Waals surface area contributed by atoms with E-state index in [-0.39, 0.29) is 24.9 Å². The van der Waals surface area contributed by atoms with E-state index < -0.39 is 17.9 Å². The lowest BCUT2D eigenvalue weighted by Crippen LogP contribution is -2.50. The number of hydrogen-bond donors (Lipinski definition) is 4. The maximum atomic E-state index is 11.4. The zero-order chi connectivity index (χ0) is 13.4. The molecule has 0 aromatic heterocycles. The van der Waals surface area contributed by atoms with Crippen molar-refractivity contribution >= 4 is 17.8 Å². The molecule has 2 atom stereocenters. The second-order valence-electron chi connectivity index (χ2n) is 3.68. The minimum absolute atomic E-state index is 0.0515. The van der Waals surface area contributed by atoms with Crippen molar-refractivity contribution in [2.75, 3.05) is 13.6 Å². The number of likely N-dealkylation sites (N-methyl/N-ethyl adjacent to an activating group) is 1. The molecule has 0 heterocycles. The van der Waals surface area contributed by atoms with E-state index >= 15 is 0 Å². The van der Waals surface area contributed by atoms with Crippen molar-refractivity contribution in [3.63, 3.8) is 0 Å². The Kier molecular flexibility index (Phi) is 6.88. The summed E-state index contributed by atoms with van der Waals surface area (Å²) in [5, 5.41) is 16.1. The molecule has 0 aromatic carbocycles. The van der Waals surface area contributed by atoms with Crippen LogP contribution in [0.3, 0.4) is 0 Å². The van der Waals surface area contributed by atoms with Gasteiger partial charge in [-0.3, -0.25) is 14.4 Å². The van der Waals surface area contributed by atoms with Crippen LogP contribution in [0.15, 0.2) is 0 Å². The molecule has 0 aliphatic carbocycles. The molecule has 4 N–H and O–H groups in total. The van der Waals surface area contributed by atoms with E-state index in [2.05, 4.69) is 16.0 Å². The quantitative estimate of drug-likeness (QED) is 0.445. The zero-order valence-corrected chi connectivity index (χ0v) is 10.2. The van der Waals surface area contributed by atoms with E-state index in [1.807, 2.05) is 0 Å². The van der Waals surface area contributed by atoms with Gasteiger partial charge in [-0.1, -0.05) is 0 Å². The molecule has 0 aliphatic heterocycles. The molecule has 0 unspecified atom stereocenters. The summed E-state index contributed by atoms with van der Waals surface area (Å²) in [4.78, 5) is 33.1. The first-order chi connectivity index (χ1) is 7.88. The van der Waals surface area contributed by atoms with Gasteiger partial charge in [0.2, 0.25) is 11.8 Å². The normalized spacial score (nSPS) is 13.6. The molecule has 7 heteroatoms. The number of carbonyl (C=O) groups is 3. The summed E-state index contributed by atoms with van der Waals surface area (Å²) in [6.45, 7) is 3.26. The van der Waals surface area contributed by atoms with Crippen LogP contribution in [-0.2, 0) is 14.4 Å². The number of rotatable bonds is 7. The Bertz CT molecular complexity index is 293. The molecule has 7 nitrogen and oxygen atoms in total. The van der Waals surface area contributed by atoms with Gasteiger partial charge in [-0.2, -0.15) is 0 Å². The second-order valence-corrected chi connectivity index (χ2v) is 3.68. The van der Waals surface area contributed by atoms with Gasteiger partial charge >= 0.3 is 5.97 Å². The van der Waals surface area contributed by atoms with Crippen LogP contribution in [0, 0.1) is 0 Å². The molecule has 98 valence electrons. The summed E-state index contributed by atoms with van der Waals surface area (Å²) in [5.41, 5.74) is 0. The Morgan fingerprint density at radius 2 is 1.71 bits per heavy atom. The van der Waals surface area contributed by atoms with Gasteiger partial charge in [-0.15, -0.1) is 0 Å². The Balaban J connectivity index is 3.97. The van der Waals surface area contributed by atoms with Crippen molar-refractivity contribution in [2.45, 2.75) is 32.4 Å². The summed E-state index contributed by atoms with van der Waals surface area (Å²) in [5.74, 6) is -1.66. The maximum absolute atomic E-state index is 11.4. The van der Waals surface area contributed by atoms with Crippen LogP contribution < -0.4 is 16.0 Å². The third kappa shape index (κ3) is 6.52. The highest BCUT2D eigenvalue weighted by Gasteiger charge is 2.18. The van der Waals surface area contributed by atoms with Crippen LogP contribution in [0.5, 0.6) is 0 Å². The van der Waals surface area contributed by atoms with E-state index in [9.17, 15) is 14.4 Å². The van der Waals surface area contributed by atoms with Gasteiger partial charge in [0.05, 0.1) is 12.5 Å². The van der Waals surface area contributed by atoms with Gasteiger partial charge in [0, 0.05) is 6.54 Å². The monoisotopic (exact) mass is 245 g/mol. The lowest BCUT2D eigenvalue weighted by molar-refractivity contribution is -0.137. The number of aliphatic carboxylic acids is 1.